The number of aryl methyl sites for hydroxylation is 2. The molecule has 0 saturated heterocycles. The Bertz CT molecular complexity index is 780. The van der Waals surface area contributed by atoms with Gasteiger partial charge in [-0.25, -0.2) is 4.98 Å². The smallest absolute Gasteiger partial charge is 0.239 e. The molecule has 0 spiro atoms. The zero-order valence-corrected chi connectivity index (χ0v) is 14.6. The topological polar surface area (TPSA) is 56.7 Å². The minimum absolute atomic E-state index is 0.0833. The molecule has 6 heteroatoms. The number of benzene rings is 1. The van der Waals surface area contributed by atoms with Crippen LogP contribution in [0.3, 0.4) is 0 Å². The average Bonchev–Trinajstić information content (AvgIpc) is 3.16. The highest BCUT2D eigenvalue weighted by molar-refractivity contribution is 7.99. The van der Waals surface area contributed by atoms with Gasteiger partial charge in [0.1, 0.15) is 0 Å². The number of para-hydroxylation sites is 2. The molecule has 5 nitrogen and oxygen atoms in total. The molecular weight excluding hydrogens is 308 g/mol. The lowest BCUT2D eigenvalue weighted by Gasteiger charge is -2.08. The molecule has 1 atom stereocenters. The molecule has 0 aliphatic carbocycles. The average molecular weight is 330 g/mol. The van der Waals surface area contributed by atoms with Crippen LogP contribution in [0.25, 0.3) is 11.0 Å². The Balaban J connectivity index is 1.79. The van der Waals surface area contributed by atoms with E-state index < -0.39 is 0 Å². The maximum atomic E-state index is 5.42. The predicted octanol–water partition coefficient (Wildman–Crippen LogP) is 4.64. The van der Waals surface area contributed by atoms with Crippen LogP contribution in [0.1, 0.15) is 50.6 Å². The number of hydrogen-bond acceptors (Lipinski definition) is 5. The molecule has 23 heavy (non-hydrogen) atoms. The van der Waals surface area contributed by atoms with Crippen molar-refractivity contribution in [2.75, 3.05) is 0 Å². The first-order valence-electron chi connectivity index (χ1n) is 8.17. The number of thioether (sulfide) groups is 1. The first-order valence-corrected chi connectivity index (χ1v) is 9.05. The van der Waals surface area contributed by atoms with E-state index in [1.54, 1.807) is 11.8 Å². The van der Waals surface area contributed by atoms with E-state index in [2.05, 4.69) is 41.5 Å². The standard InChI is InChI=1S/C17H22N4OS/c1-4-6-11-15-19-16(22-20-15)12(3)23-17-18-13-9-7-8-10-14(13)21(17)5-2/h7-10,12H,4-6,11H2,1-3H3/t12-/m1/s1. The number of hydrogen-bond donors (Lipinski definition) is 0. The normalized spacial score (nSPS) is 12.8. The second-order valence-electron chi connectivity index (χ2n) is 5.54. The van der Waals surface area contributed by atoms with Gasteiger partial charge in [-0.2, -0.15) is 4.98 Å². The molecule has 3 rings (SSSR count). The van der Waals surface area contributed by atoms with Gasteiger partial charge in [0.25, 0.3) is 0 Å². The molecule has 0 bridgehead atoms. The first kappa shape index (κ1) is 16.1. The molecule has 0 aliphatic heterocycles. The molecule has 0 aliphatic rings. The number of imidazole rings is 1. The molecule has 2 aromatic heterocycles. The minimum atomic E-state index is 0.0833. The van der Waals surface area contributed by atoms with E-state index >= 15 is 0 Å². The lowest BCUT2D eigenvalue weighted by molar-refractivity contribution is 0.374. The van der Waals surface area contributed by atoms with Crippen LogP contribution in [-0.4, -0.2) is 19.7 Å². The van der Waals surface area contributed by atoms with Crippen molar-refractivity contribution < 1.29 is 4.52 Å². The Morgan fingerprint density at radius 1 is 1.22 bits per heavy atom. The molecule has 0 amide bonds. The summed E-state index contributed by atoms with van der Waals surface area (Å²) in [4.78, 5) is 9.26. The van der Waals surface area contributed by atoms with E-state index in [1.165, 1.54) is 5.52 Å². The molecule has 0 fully saturated rings. The van der Waals surface area contributed by atoms with Crippen LogP contribution >= 0.6 is 11.8 Å². The Morgan fingerprint density at radius 3 is 2.83 bits per heavy atom. The van der Waals surface area contributed by atoms with Crippen molar-refractivity contribution in [2.24, 2.45) is 0 Å². The summed E-state index contributed by atoms with van der Waals surface area (Å²) in [5.41, 5.74) is 2.19. The largest absolute Gasteiger partial charge is 0.338 e. The van der Waals surface area contributed by atoms with Gasteiger partial charge in [0.05, 0.1) is 16.3 Å². The van der Waals surface area contributed by atoms with Crippen molar-refractivity contribution in [3.05, 3.63) is 36.0 Å². The van der Waals surface area contributed by atoms with Crippen molar-refractivity contribution in [3.63, 3.8) is 0 Å². The minimum Gasteiger partial charge on any atom is -0.338 e. The summed E-state index contributed by atoms with van der Waals surface area (Å²) in [6, 6.07) is 8.22. The van der Waals surface area contributed by atoms with Gasteiger partial charge in [-0.15, -0.1) is 0 Å². The summed E-state index contributed by atoms with van der Waals surface area (Å²) in [6.45, 7) is 7.27. The van der Waals surface area contributed by atoms with Gasteiger partial charge in [-0.05, 0) is 32.4 Å². The van der Waals surface area contributed by atoms with Gasteiger partial charge in [-0.3, -0.25) is 0 Å². The van der Waals surface area contributed by atoms with E-state index in [4.69, 9.17) is 9.51 Å². The van der Waals surface area contributed by atoms with E-state index in [-0.39, 0.29) is 5.25 Å². The quantitative estimate of drug-likeness (QED) is 0.591. The number of rotatable bonds is 7. The Kier molecular flexibility index (Phi) is 5.00. The van der Waals surface area contributed by atoms with Crippen LogP contribution in [0.4, 0.5) is 0 Å². The van der Waals surface area contributed by atoms with E-state index in [0.717, 1.165) is 42.3 Å². The van der Waals surface area contributed by atoms with Crippen molar-refractivity contribution in [1.29, 1.82) is 0 Å². The SMILES string of the molecule is CCCCc1noc([C@@H](C)Sc2nc3ccccc3n2CC)n1. The van der Waals surface area contributed by atoms with Gasteiger partial charge >= 0.3 is 0 Å². The highest BCUT2D eigenvalue weighted by Gasteiger charge is 2.19. The number of unbranched alkanes of at least 4 members (excludes halogenated alkanes) is 1. The lowest BCUT2D eigenvalue weighted by Crippen LogP contribution is -1.98. The van der Waals surface area contributed by atoms with Crippen molar-refractivity contribution in [1.82, 2.24) is 19.7 Å². The van der Waals surface area contributed by atoms with Gasteiger partial charge < -0.3 is 9.09 Å². The zero-order valence-electron chi connectivity index (χ0n) is 13.8. The summed E-state index contributed by atoms with van der Waals surface area (Å²) in [5, 5.41) is 5.15. The monoisotopic (exact) mass is 330 g/mol. The maximum Gasteiger partial charge on any atom is 0.239 e. The van der Waals surface area contributed by atoms with Crippen molar-refractivity contribution >= 4 is 22.8 Å². The van der Waals surface area contributed by atoms with Crippen molar-refractivity contribution in [2.45, 2.75) is 57.0 Å². The second-order valence-corrected chi connectivity index (χ2v) is 6.85. The summed E-state index contributed by atoms with van der Waals surface area (Å²) in [7, 11) is 0. The van der Waals surface area contributed by atoms with Crippen LogP contribution in [0.2, 0.25) is 0 Å². The van der Waals surface area contributed by atoms with Crippen LogP contribution in [0, 0.1) is 0 Å². The van der Waals surface area contributed by atoms with Crippen LogP contribution < -0.4 is 0 Å². The van der Waals surface area contributed by atoms with E-state index in [1.807, 2.05) is 18.2 Å². The number of fused-ring (bicyclic) bond motifs is 1. The van der Waals surface area contributed by atoms with Crippen LogP contribution in [-0.2, 0) is 13.0 Å². The Labute approximate surface area is 140 Å². The fraction of sp³-hybridized carbons (Fsp3) is 0.471. The van der Waals surface area contributed by atoms with Gasteiger partial charge in [0.2, 0.25) is 5.89 Å². The lowest BCUT2D eigenvalue weighted by atomic mass is 10.2. The number of aromatic nitrogens is 4. The fourth-order valence-electron chi connectivity index (χ4n) is 2.53. The molecule has 0 N–H and O–H groups in total. The molecule has 0 unspecified atom stereocenters. The third-order valence-electron chi connectivity index (χ3n) is 3.80. The third-order valence-corrected chi connectivity index (χ3v) is 4.88. The predicted molar refractivity (Wildman–Crippen MR) is 92.6 cm³/mol. The molecule has 0 radical (unpaired) electrons. The molecular formula is C17H22N4OS. The maximum absolute atomic E-state index is 5.42. The van der Waals surface area contributed by atoms with Gasteiger partial charge in [0.15, 0.2) is 11.0 Å². The highest BCUT2D eigenvalue weighted by atomic mass is 32.2. The first-order chi connectivity index (χ1) is 11.2. The van der Waals surface area contributed by atoms with E-state index in [9.17, 15) is 0 Å². The fourth-order valence-corrected chi connectivity index (χ4v) is 3.55. The molecule has 2 heterocycles. The Hall–Kier alpha value is -1.82. The van der Waals surface area contributed by atoms with Crippen molar-refractivity contribution in [3.8, 4) is 0 Å². The number of nitrogens with zero attached hydrogens (tertiary/aromatic N) is 4. The molecule has 1 aromatic carbocycles. The summed E-state index contributed by atoms with van der Waals surface area (Å²) in [6.07, 6.45) is 3.10. The van der Waals surface area contributed by atoms with Gasteiger partial charge in [0, 0.05) is 13.0 Å². The molecule has 0 saturated carbocycles. The molecule has 3 aromatic rings. The highest BCUT2D eigenvalue weighted by Crippen LogP contribution is 2.35. The summed E-state index contributed by atoms with van der Waals surface area (Å²) in [5.74, 6) is 1.48. The Morgan fingerprint density at radius 2 is 2.04 bits per heavy atom. The third kappa shape index (κ3) is 3.42. The van der Waals surface area contributed by atoms with Gasteiger partial charge in [-0.1, -0.05) is 42.4 Å². The van der Waals surface area contributed by atoms with Crippen LogP contribution in [0.15, 0.2) is 33.9 Å². The molecule has 122 valence electrons. The second kappa shape index (κ2) is 7.17. The zero-order chi connectivity index (χ0) is 16.2. The summed E-state index contributed by atoms with van der Waals surface area (Å²) >= 11 is 1.67. The van der Waals surface area contributed by atoms with E-state index in [0.29, 0.717) is 5.89 Å². The summed E-state index contributed by atoms with van der Waals surface area (Å²) < 4.78 is 7.65. The van der Waals surface area contributed by atoms with Crippen LogP contribution in [0.5, 0.6) is 0 Å².